The zero-order chi connectivity index (χ0) is 15.1. The monoisotopic (exact) mass is 301 g/mol. The lowest BCUT2D eigenvalue weighted by Crippen LogP contribution is -2.42. The second-order valence-electron chi connectivity index (χ2n) is 5.85. The largest absolute Gasteiger partial charge is 0.392 e. The van der Waals surface area contributed by atoms with Gasteiger partial charge >= 0.3 is 0 Å². The summed E-state index contributed by atoms with van der Waals surface area (Å²) >= 11 is 0. The molecule has 1 fully saturated rings. The summed E-state index contributed by atoms with van der Waals surface area (Å²) in [6, 6.07) is 2.53. The Hall–Kier alpha value is -0.980. The van der Waals surface area contributed by atoms with Crippen LogP contribution in [0, 0.1) is 12.7 Å². The van der Waals surface area contributed by atoms with Gasteiger partial charge in [-0.15, -0.1) is 0 Å². The third-order valence-electron chi connectivity index (χ3n) is 3.93. The minimum Gasteiger partial charge on any atom is -0.392 e. The van der Waals surface area contributed by atoms with Gasteiger partial charge in [0.25, 0.3) is 0 Å². The maximum atomic E-state index is 13.8. The topological polar surface area (TPSA) is 57.6 Å². The van der Waals surface area contributed by atoms with Crippen LogP contribution in [0.3, 0.4) is 0 Å². The minimum atomic E-state index is -3.75. The fourth-order valence-corrected chi connectivity index (χ4v) is 4.85. The van der Waals surface area contributed by atoms with E-state index in [2.05, 4.69) is 0 Å². The Labute approximate surface area is 119 Å². The van der Waals surface area contributed by atoms with Crippen molar-refractivity contribution >= 4 is 10.0 Å². The van der Waals surface area contributed by atoms with Gasteiger partial charge in [0.15, 0.2) is 0 Å². The highest BCUT2D eigenvalue weighted by molar-refractivity contribution is 7.89. The first-order valence-corrected chi connectivity index (χ1v) is 8.07. The number of aliphatic hydroxyl groups excluding tert-OH is 1. The third kappa shape index (κ3) is 2.47. The van der Waals surface area contributed by atoms with Gasteiger partial charge in [-0.3, -0.25) is 0 Å². The lowest BCUT2D eigenvalue weighted by atomic mass is 10.0. The van der Waals surface area contributed by atoms with Gasteiger partial charge in [-0.05, 0) is 51.3 Å². The Morgan fingerprint density at radius 1 is 1.40 bits per heavy atom. The van der Waals surface area contributed by atoms with Crippen molar-refractivity contribution in [3.05, 3.63) is 29.1 Å². The van der Waals surface area contributed by atoms with Gasteiger partial charge in [0.2, 0.25) is 10.0 Å². The number of sulfonamides is 1. The summed E-state index contributed by atoms with van der Waals surface area (Å²) in [5.41, 5.74) is -0.0923. The SMILES string of the molecule is Cc1c(F)cc(CO)cc1S(=O)(=O)N1CCCC1(C)C. The normalized spacial score (nSPS) is 19.4. The van der Waals surface area contributed by atoms with Gasteiger partial charge in [0.1, 0.15) is 5.82 Å². The van der Waals surface area contributed by atoms with Crippen LogP contribution in [0.2, 0.25) is 0 Å². The van der Waals surface area contributed by atoms with Crippen molar-refractivity contribution in [2.24, 2.45) is 0 Å². The molecule has 1 aliphatic heterocycles. The molecule has 0 unspecified atom stereocenters. The van der Waals surface area contributed by atoms with Crippen LogP contribution in [0.4, 0.5) is 4.39 Å². The van der Waals surface area contributed by atoms with Crippen molar-refractivity contribution in [1.29, 1.82) is 0 Å². The molecule has 4 nitrogen and oxygen atoms in total. The smallest absolute Gasteiger partial charge is 0.243 e. The molecule has 1 heterocycles. The van der Waals surface area contributed by atoms with E-state index in [1.807, 2.05) is 13.8 Å². The predicted molar refractivity (Wildman–Crippen MR) is 74.3 cm³/mol. The molecule has 20 heavy (non-hydrogen) atoms. The number of nitrogens with zero attached hydrogens (tertiary/aromatic N) is 1. The standard InChI is InChI=1S/C14H20FNO3S/c1-10-12(15)7-11(9-17)8-13(10)20(18,19)16-6-4-5-14(16,2)3/h7-8,17H,4-6,9H2,1-3H3. The maximum Gasteiger partial charge on any atom is 0.243 e. The molecule has 0 aromatic heterocycles. The first-order chi connectivity index (χ1) is 9.20. The Morgan fingerprint density at radius 3 is 2.55 bits per heavy atom. The molecule has 0 saturated carbocycles. The van der Waals surface area contributed by atoms with E-state index in [4.69, 9.17) is 5.11 Å². The first kappa shape index (κ1) is 15.4. The van der Waals surface area contributed by atoms with Gasteiger partial charge in [-0.1, -0.05) is 0 Å². The molecule has 112 valence electrons. The van der Waals surface area contributed by atoms with Gasteiger partial charge in [0.05, 0.1) is 11.5 Å². The van der Waals surface area contributed by atoms with Crippen LogP contribution in [-0.4, -0.2) is 29.9 Å². The highest BCUT2D eigenvalue weighted by Gasteiger charge is 2.41. The van der Waals surface area contributed by atoms with Crippen LogP contribution in [0.1, 0.15) is 37.8 Å². The fraction of sp³-hybridized carbons (Fsp3) is 0.571. The molecule has 0 bridgehead atoms. The van der Waals surface area contributed by atoms with Crippen LogP contribution in [-0.2, 0) is 16.6 Å². The van der Waals surface area contributed by atoms with Crippen LogP contribution >= 0.6 is 0 Å². The molecule has 0 spiro atoms. The highest BCUT2D eigenvalue weighted by Crippen LogP contribution is 2.35. The van der Waals surface area contributed by atoms with Gasteiger partial charge in [-0.2, -0.15) is 4.31 Å². The predicted octanol–water partition coefficient (Wildman–Crippen LogP) is 2.19. The van der Waals surface area contributed by atoms with E-state index in [1.54, 1.807) is 0 Å². The molecule has 2 rings (SSSR count). The number of halogens is 1. The van der Waals surface area contributed by atoms with E-state index in [0.29, 0.717) is 6.54 Å². The second-order valence-corrected chi connectivity index (χ2v) is 7.68. The summed E-state index contributed by atoms with van der Waals surface area (Å²) in [6.45, 7) is 5.26. The third-order valence-corrected chi connectivity index (χ3v) is 6.17. The van der Waals surface area contributed by atoms with Crippen LogP contribution < -0.4 is 0 Å². The quantitative estimate of drug-likeness (QED) is 0.931. The summed E-state index contributed by atoms with van der Waals surface area (Å²) in [4.78, 5) is -0.0449. The van der Waals surface area contributed by atoms with Crippen molar-refractivity contribution in [2.75, 3.05) is 6.54 Å². The average molecular weight is 301 g/mol. The average Bonchev–Trinajstić information content (AvgIpc) is 2.72. The molecule has 1 aliphatic rings. The van der Waals surface area contributed by atoms with Crippen molar-refractivity contribution < 1.29 is 17.9 Å². The van der Waals surface area contributed by atoms with E-state index >= 15 is 0 Å². The lowest BCUT2D eigenvalue weighted by molar-refractivity contribution is 0.280. The Kier molecular flexibility index (Phi) is 3.92. The van der Waals surface area contributed by atoms with E-state index in [1.165, 1.54) is 23.4 Å². The van der Waals surface area contributed by atoms with Crippen molar-refractivity contribution in [1.82, 2.24) is 4.31 Å². The van der Waals surface area contributed by atoms with Gasteiger partial charge < -0.3 is 5.11 Å². The van der Waals surface area contributed by atoms with Crippen LogP contribution in [0.5, 0.6) is 0 Å². The van der Waals surface area contributed by atoms with Crippen molar-refractivity contribution in [3.63, 3.8) is 0 Å². The summed E-state index contributed by atoms with van der Waals surface area (Å²) in [6.07, 6.45) is 1.58. The zero-order valence-electron chi connectivity index (χ0n) is 12.0. The summed E-state index contributed by atoms with van der Waals surface area (Å²) in [5, 5.41) is 9.14. The molecular weight excluding hydrogens is 281 g/mol. The van der Waals surface area contributed by atoms with Crippen LogP contribution in [0.25, 0.3) is 0 Å². The van der Waals surface area contributed by atoms with Gasteiger partial charge in [0, 0.05) is 17.6 Å². The summed E-state index contributed by atoms with van der Waals surface area (Å²) < 4.78 is 40.8. The maximum absolute atomic E-state index is 13.8. The lowest BCUT2D eigenvalue weighted by Gasteiger charge is -2.31. The molecule has 6 heteroatoms. The molecule has 0 amide bonds. The van der Waals surface area contributed by atoms with E-state index in [-0.39, 0.29) is 22.6 Å². The molecule has 0 aliphatic carbocycles. The molecule has 1 aromatic carbocycles. The Balaban J connectivity index is 2.58. The summed E-state index contributed by atoms with van der Waals surface area (Å²) in [7, 11) is -3.75. The molecule has 0 atom stereocenters. The van der Waals surface area contributed by atoms with Gasteiger partial charge in [-0.25, -0.2) is 12.8 Å². The number of hydrogen-bond donors (Lipinski definition) is 1. The number of rotatable bonds is 3. The molecular formula is C14H20FNO3S. The zero-order valence-corrected chi connectivity index (χ0v) is 12.8. The molecule has 1 N–H and O–H groups in total. The highest BCUT2D eigenvalue weighted by atomic mass is 32.2. The van der Waals surface area contributed by atoms with E-state index in [9.17, 15) is 12.8 Å². The second kappa shape index (κ2) is 5.09. The van der Waals surface area contributed by atoms with E-state index < -0.39 is 21.4 Å². The number of benzene rings is 1. The fourth-order valence-electron chi connectivity index (χ4n) is 2.71. The number of hydrogen-bond acceptors (Lipinski definition) is 3. The molecule has 1 saturated heterocycles. The van der Waals surface area contributed by atoms with Crippen molar-refractivity contribution in [2.45, 2.75) is 50.7 Å². The van der Waals surface area contributed by atoms with Crippen molar-refractivity contribution in [3.8, 4) is 0 Å². The van der Waals surface area contributed by atoms with Crippen LogP contribution in [0.15, 0.2) is 17.0 Å². The van der Waals surface area contributed by atoms with E-state index in [0.717, 1.165) is 12.8 Å². The molecule has 0 radical (unpaired) electrons. The summed E-state index contributed by atoms with van der Waals surface area (Å²) in [5.74, 6) is -0.605. The molecule has 1 aromatic rings. The Morgan fingerprint density at radius 2 is 2.05 bits per heavy atom. The minimum absolute atomic E-state index is 0.0449. The first-order valence-electron chi connectivity index (χ1n) is 6.63. The number of aliphatic hydroxyl groups is 1. The Bertz CT molecular complexity index is 626.